The van der Waals surface area contributed by atoms with Crippen LogP contribution in [0.3, 0.4) is 0 Å². The van der Waals surface area contributed by atoms with E-state index in [0.29, 0.717) is 54.1 Å². The minimum atomic E-state index is -0.172. The molecule has 1 saturated heterocycles. The predicted octanol–water partition coefficient (Wildman–Crippen LogP) is 3.80. The number of anilines is 1. The Hall–Kier alpha value is -2.87. The van der Waals surface area contributed by atoms with Gasteiger partial charge < -0.3 is 19.9 Å². The van der Waals surface area contributed by atoms with Gasteiger partial charge in [0.15, 0.2) is 0 Å². The first-order valence-corrected chi connectivity index (χ1v) is 12.2. The van der Waals surface area contributed by atoms with Gasteiger partial charge in [-0.2, -0.15) is 0 Å². The zero-order chi connectivity index (χ0) is 24.1. The van der Waals surface area contributed by atoms with Gasteiger partial charge in [0.05, 0.1) is 17.7 Å². The number of benzene rings is 1. The predicted molar refractivity (Wildman–Crippen MR) is 132 cm³/mol. The van der Waals surface area contributed by atoms with Crippen LogP contribution in [-0.4, -0.2) is 67.0 Å². The van der Waals surface area contributed by atoms with Crippen molar-refractivity contribution in [3.8, 4) is 5.75 Å². The standard InChI is InChI=1S/C25H32ClN5O3/c1-30(2)24-27-15-18(16-28-24)23(33)31-11-9-25(10-12-31)8-4-3-5-13-34-21-7-6-19(26)14-20(21)22(32)29-17-25/h6-7,14-16H,3-5,8-13,17H2,1-2H3,(H,29,32). The van der Waals surface area contributed by atoms with Gasteiger partial charge in [0.2, 0.25) is 5.95 Å². The molecule has 0 saturated carbocycles. The molecule has 1 N–H and O–H groups in total. The van der Waals surface area contributed by atoms with Gasteiger partial charge in [0, 0.05) is 51.1 Å². The summed E-state index contributed by atoms with van der Waals surface area (Å²) < 4.78 is 5.85. The fourth-order valence-corrected chi connectivity index (χ4v) is 4.85. The van der Waals surface area contributed by atoms with E-state index in [2.05, 4.69) is 15.3 Å². The number of carbonyl (C=O) groups is 2. The molecule has 2 aliphatic rings. The molecule has 2 aliphatic heterocycles. The summed E-state index contributed by atoms with van der Waals surface area (Å²) >= 11 is 6.15. The maximum absolute atomic E-state index is 13.0. The van der Waals surface area contributed by atoms with Crippen molar-refractivity contribution in [2.75, 3.05) is 45.2 Å². The summed E-state index contributed by atoms with van der Waals surface area (Å²) in [5.74, 6) is 0.929. The first kappa shape index (κ1) is 24.3. The van der Waals surface area contributed by atoms with E-state index < -0.39 is 0 Å². The number of rotatable bonds is 2. The zero-order valence-corrected chi connectivity index (χ0v) is 20.6. The summed E-state index contributed by atoms with van der Waals surface area (Å²) in [6.45, 7) is 2.44. The number of amides is 2. The smallest absolute Gasteiger partial charge is 0.256 e. The van der Waals surface area contributed by atoms with Crippen molar-refractivity contribution in [1.82, 2.24) is 20.2 Å². The quantitative estimate of drug-likeness (QED) is 0.696. The van der Waals surface area contributed by atoms with Gasteiger partial charge >= 0.3 is 0 Å². The van der Waals surface area contributed by atoms with Crippen molar-refractivity contribution in [3.63, 3.8) is 0 Å². The minimum Gasteiger partial charge on any atom is -0.493 e. The van der Waals surface area contributed by atoms with E-state index in [1.807, 2.05) is 19.0 Å². The molecule has 2 aromatic rings. The summed E-state index contributed by atoms with van der Waals surface area (Å²) in [6, 6.07) is 5.17. The highest BCUT2D eigenvalue weighted by atomic mass is 35.5. The second-order valence-corrected chi connectivity index (χ2v) is 9.88. The van der Waals surface area contributed by atoms with E-state index in [9.17, 15) is 9.59 Å². The van der Waals surface area contributed by atoms with Crippen LogP contribution in [0.5, 0.6) is 5.75 Å². The van der Waals surface area contributed by atoms with E-state index in [1.54, 1.807) is 35.5 Å². The second-order valence-electron chi connectivity index (χ2n) is 9.44. The summed E-state index contributed by atoms with van der Waals surface area (Å²) in [5, 5.41) is 3.64. The largest absolute Gasteiger partial charge is 0.493 e. The Morgan fingerprint density at radius 1 is 1.12 bits per heavy atom. The van der Waals surface area contributed by atoms with Crippen molar-refractivity contribution in [2.45, 2.75) is 38.5 Å². The lowest BCUT2D eigenvalue weighted by Gasteiger charge is -2.42. The van der Waals surface area contributed by atoms with Gasteiger partial charge in [-0.15, -0.1) is 0 Å². The number of piperidine rings is 1. The van der Waals surface area contributed by atoms with Gasteiger partial charge in [0.1, 0.15) is 5.75 Å². The molecule has 0 unspecified atom stereocenters. The lowest BCUT2D eigenvalue weighted by Crippen LogP contribution is -2.48. The molecule has 0 radical (unpaired) electrons. The second kappa shape index (κ2) is 10.6. The van der Waals surface area contributed by atoms with Crippen LogP contribution < -0.4 is 15.0 Å². The molecule has 1 aromatic heterocycles. The molecule has 0 aliphatic carbocycles. The van der Waals surface area contributed by atoms with E-state index in [1.165, 1.54) is 0 Å². The third-order valence-electron chi connectivity index (χ3n) is 6.82. The number of carbonyl (C=O) groups excluding carboxylic acids is 2. The highest BCUT2D eigenvalue weighted by Crippen LogP contribution is 2.37. The van der Waals surface area contributed by atoms with E-state index in [4.69, 9.17) is 16.3 Å². The highest BCUT2D eigenvalue weighted by Gasteiger charge is 2.36. The summed E-state index contributed by atoms with van der Waals surface area (Å²) in [7, 11) is 3.73. The van der Waals surface area contributed by atoms with Crippen LogP contribution in [0.25, 0.3) is 0 Å². The van der Waals surface area contributed by atoms with Crippen LogP contribution in [-0.2, 0) is 0 Å². The molecule has 0 bridgehead atoms. The van der Waals surface area contributed by atoms with Crippen molar-refractivity contribution in [1.29, 1.82) is 0 Å². The number of ether oxygens (including phenoxy) is 1. The Balaban J connectivity index is 1.43. The number of nitrogens with one attached hydrogen (secondary N) is 1. The fraction of sp³-hybridized carbons (Fsp3) is 0.520. The average molecular weight is 486 g/mol. The van der Waals surface area contributed by atoms with Crippen molar-refractivity contribution >= 4 is 29.4 Å². The lowest BCUT2D eigenvalue weighted by molar-refractivity contribution is 0.0532. The maximum Gasteiger partial charge on any atom is 0.256 e. The molecular weight excluding hydrogens is 454 g/mol. The molecule has 0 atom stereocenters. The van der Waals surface area contributed by atoms with E-state index in [-0.39, 0.29) is 17.2 Å². The Morgan fingerprint density at radius 3 is 2.56 bits per heavy atom. The molecule has 1 spiro atoms. The van der Waals surface area contributed by atoms with Crippen molar-refractivity contribution in [2.24, 2.45) is 5.41 Å². The molecular formula is C25H32ClN5O3. The lowest BCUT2D eigenvalue weighted by atomic mass is 9.74. The van der Waals surface area contributed by atoms with Gasteiger partial charge in [-0.1, -0.05) is 24.4 Å². The number of hydrogen-bond acceptors (Lipinski definition) is 6. The monoisotopic (exact) mass is 485 g/mol. The maximum atomic E-state index is 13.0. The number of aromatic nitrogens is 2. The van der Waals surface area contributed by atoms with Crippen LogP contribution in [0.4, 0.5) is 5.95 Å². The van der Waals surface area contributed by atoms with Gasteiger partial charge in [-0.05, 0) is 49.3 Å². The molecule has 4 rings (SSSR count). The average Bonchev–Trinajstić information content (AvgIpc) is 2.85. The Labute approximate surface area is 205 Å². The Kier molecular flexibility index (Phi) is 7.56. The van der Waals surface area contributed by atoms with Gasteiger partial charge in [0.25, 0.3) is 11.8 Å². The Bertz CT molecular complexity index is 1020. The SMILES string of the molecule is CN(C)c1ncc(C(=O)N2CCC3(CCCCCOc4ccc(Cl)cc4C(=O)NC3)CC2)cn1. The topological polar surface area (TPSA) is 87.7 Å². The number of halogens is 1. The van der Waals surface area contributed by atoms with Crippen LogP contribution in [0.2, 0.25) is 5.02 Å². The van der Waals surface area contributed by atoms with E-state index in [0.717, 1.165) is 38.5 Å². The van der Waals surface area contributed by atoms with Crippen LogP contribution in [0, 0.1) is 5.41 Å². The number of fused-ring (bicyclic) bond motifs is 1. The molecule has 8 nitrogen and oxygen atoms in total. The third kappa shape index (κ3) is 5.60. The Morgan fingerprint density at radius 2 is 1.85 bits per heavy atom. The van der Waals surface area contributed by atoms with Crippen LogP contribution in [0.15, 0.2) is 30.6 Å². The van der Waals surface area contributed by atoms with Crippen molar-refractivity contribution in [3.05, 3.63) is 46.7 Å². The summed E-state index contributed by atoms with van der Waals surface area (Å²) in [6.07, 6.45) is 8.96. The first-order valence-electron chi connectivity index (χ1n) is 11.9. The zero-order valence-electron chi connectivity index (χ0n) is 19.8. The first-order chi connectivity index (χ1) is 16.4. The molecule has 1 fully saturated rings. The van der Waals surface area contributed by atoms with Crippen LogP contribution in [0.1, 0.15) is 59.2 Å². The molecule has 1 aromatic carbocycles. The van der Waals surface area contributed by atoms with Gasteiger partial charge in [-0.25, -0.2) is 9.97 Å². The van der Waals surface area contributed by atoms with Gasteiger partial charge in [-0.3, -0.25) is 9.59 Å². The summed E-state index contributed by atoms with van der Waals surface area (Å²) in [4.78, 5) is 38.2. The molecule has 3 heterocycles. The fourth-order valence-electron chi connectivity index (χ4n) is 4.67. The van der Waals surface area contributed by atoms with Crippen molar-refractivity contribution < 1.29 is 14.3 Å². The normalized spacial score (nSPS) is 18.7. The third-order valence-corrected chi connectivity index (χ3v) is 7.05. The number of hydrogen-bond donors (Lipinski definition) is 1. The minimum absolute atomic E-state index is 0.0312. The highest BCUT2D eigenvalue weighted by molar-refractivity contribution is 6.31. The molecule has 34 heavy (non-hydrogen) atoms. The molecule has 182 valence electrons. The summed E-state index contributed by atoms with van der Waals surface area (Å²) in [5.41, 5.74) is 0.940. The number of nitrogens with zero attached hydrogens (tertiary/aromatic N) is 4. The van der Waals surface area contributed by atoms with Crippen LogP contribution >= 0.6 is 11.6 Å². The van der Waals surface area contributed by atoms with E-state index >= 15 is 0 Å². The molecule has 9 heteroatoms. The number of likely N-dealkylation sites (tertiary alicyclic amines) is 1. The molecule has 2 amide bonds.